The summed E-state index contributed by atoms with van der Waals surface area (Å²) in [5.74, 6) is 0.429. The summed E-state index contributed by atoms with van der Waals surface area (Å²) in [6.45, 7) is 3.98. The van der Waals surface area contributed by atoms with Gasteiger partial charge in [-0.15, -0.1) is 0 Å². The second-order valence-electron chi connectivity index (χ2n) is 4.30. The van der Waals surface area contributed by atoms with E-state index in [1.807, 2.05) is 0 Å². The van der Waals surface area contributed by atoms with Gasteiger partial charge < -0.3 is 9.64 Å². The summed E-state index contributed by atoms with van der Waals surface area (Å²) in [7, 11) is 0. The first-order valence-corrected chi connectivity index (χ1v) is 5.70. The van der Waals surface area contributed by atoms with Crippen LogP contribution in [0.2, 0.25) is 0 Å². The molecule has 0 aromatic carbocycles. The Balaban J connectivity index is 1.63. The van der Waals surface area contributed by atoms with Gasteiger partial charge in [0.05, 0.1) is 6.10 Å². The van der Waals surface area contributed by atoms with Gasteiger partial charge in [-0.25, -0.2) is 0 Å². The van der Waals surface area contributed by atoms with E-state index in [1.165, 1.54) is 12.8 Å². The van der Waals surface area contributed by atoms with Crippen LogP contribution in [0.25, 0.3) is 0 Å². The van der Waals surface area contributed by atoms with E-state index in [-0.39, 0.29) is 0 Å². The zero-order chi connectivity index (χ0) is 9.80. The van der Waals surface area contributed by atoms with Crippen LogP contribution in [-0.4, -0.2) is 43.0 Å². The predicted molar refractivity (Wildman–Crippen MR) is 54.3 cm³/mol. The van der Waals surface area contributed by atoms with Gasteiger partial charge in [0, 0.05) is 39.1 Å². The summed E-state index contributed by atoms with van der Waals surface area (Å²) >= 11 is 0. The highest BCUT2D eigenvalue weighted by Gasteiger charge is 2.19. The quantitative estimate of drug-likeness (QED) is 0.681. The molecule has 0 saturated carbocycles. The molecule has 3 heteroatoms. The Bertz CT molecular complexity index is 189. The standard InChI is InChI=1S/C11H19NO2/c13-10-3-6-12(7-4-10)8-5-11-2-1-9-14-11/h11H,1-9H2. The molecule has 0 aromatic rings. The molecule has 2 fully saturated rings. The van der Waals surface area contributed by atoms with Crippen LogP contribution in [0.5, 0.6) is 0 Å². The molecular weight excluding hydrogens is 178 g/mol. The molecule has 14 heavy (non-hydrogen) atoms. The van der Waals surface area contributed by atoms with Crippen molar-refractivity contribution in [3.63, 3.8) is 0 Å². The maximum atomic E-state index is 11.0. The lowest BCUT2D eigenvalue weighted by Gasteiger charge is -2.26. The smallest absolute Gasteiger partial charge is 0.135 e. The van der Waals surface area contributed by atoms with Gasteiger partial charge in [0.1, 0.15) is 5.78 Å². The molecule has 1 atom stereocenters. The average Bonchev–Trinajstić information content (AvgIpc) is 2.70. The topological polar surface area (TPSA) is 29.5 Å². The lowest BCUT2D eigenvalue weighted by molar-refractivity contribution is -0.121. The highest BCUT2D eigenvalue weighted by Crippen LogP contribution is 2.16. The lowest BCUT2D eigenvalue weighted by Crippen LogP contribution is -2.35. The second kappa shape index (κ2) is 4.89. The van der Waals surface area contributed by atoms with E-state index in [0.29, 0.717) is 11.9 Å². The monoisotopic (exact) mass is 197 g/mol. The van der Waals surface area contributed by atoms with Crippen LogP contribution in [0.3, 0.4) is 0 Å². The number of carbonyl (C=O) groups excluding carboxylic acids is 1. The first-order valence-electron chi connectivity index (χ1n) is 5.70. The van der Waals surface area contributed by atoms with Crippen molar-refractivity contribution in [2.45, 2.75) is 38.2 Å². The minimum atomic E-state index is 0.429. The third kappa shape index (κ3) is 2.79. The predicted octanol–water partition coefficient (Wildman–Crippen LogP) is 1.22. The van der Waals surface area contributed by atoms with Crippen molar-refractivity contribution in [1.29, 1.82) is 0 Å². The first kappa shape index (κ1) is 10.1. The number of Topliss-reactive ketones (excluding diaryl/α,β-unsaturated/α-hetero) is 1. The average molecular weight is 197 g/mol. The minimum Gasteiger partial charge on any atom is -0.378 e. The summed E-state index contributed by atoms with van der Waals surface area (Å²) in [6, 6.07) is 0. The van der Waals surface area contributed by atoms with Crippen LogP contribution in [-0.2, 0) is 9.53 Å². The van der Waals surface area contributed by atoms with Crippen molar-refractivity contribution in [3.8, 4) is 0 Å². The van der Waals surface area contributed by atoms with Crippen molar-refractivity contribution >= 4 is 5.78 Å². The Morgan fingerprint density at radius 1 is 1.36 bits per heavy atom. The number of hydrogen-bond acceptors (Lipinski definition) is 3. The number of ketones is 1. The number of nitrogens with zero attached hydrogens (tertiary/aromatic N) is 1. The van der Waals surface area contributed by atoms with E-state index in [9.17, 15) is 4.79 Å². The van der Waals surface area contributed by atoms with E-state index in [2.05, 4.69) is 4.90 Å². The van der Waals surface area contributed by atoms with Crippen LogP contribution >= 0.6 is 0 Å². The van der Waals surface area contributed by atoms with Gasteiger partial charge in [-0.3, -0.25) is 4.79 Å². The Morgan fingerprint density at radius 2 is 2.14 bits per heavy atom. The van der Waals surface area contributed by atoms with E-state index in [1.54, 1.807) is 0 Å². The summed E-state index contributed by atoms with van der Waals surface area (Å²) in [6.07, 6.45) is 5.61. The van der Waals surface area contributed by atoms with Crippen LogP contribution in [0.1, 0.15) is 32.1 Å². The molecule has 2 heterocycles. The zero-order valence-electron chi connectivity index (χ0n) is 8.71. The fraction of sp³-hybridized carbons (Fsp3) is 0.909. The Kier molecular flexibility index (Phi) is 3.54. The van der Waals surface area contributed by atoms with E-state index in [4.69, 9.17) is 4.74 Å². The number of rotatable bonds is 3. The Hall–Kier alpha value is -0.410. The summed E-state index contributed by atoms with van der Waals surface area (Å²) in [5, 5.41) is 0. The fourth-order valence-electron chi connectivity index (χ4n) is 2.22. The molecular formula is C11H19NO2. The molecule has 0 N–H and O–H groups in total. The third-order valence-electron chi connectivity index (χ3n) is 3.21. The number of hydrogen-bond donors (Lipinski definition) is 0. The van der Waals surface area contributed by atoms with Gasteiger partial charge in [-0.05, 0) is 19.3 Å². The molecule has 0 aliphatic carbocycles. The number of carbonyl (C=O) groups is 1. The number of likely N-dealkylation sites (tertiary alicyclic amines) is 1. The van der Waals surface area contributed by atoms with Crippen molar-refractivity contribution in [1.82, 2.24) is 4.90 Å². The van der Waals surface area contributed by atoms with Gasteiger partial charge in [0.15, 0.2) is 0 Å². The lowest BCUT2D eigenvalue weighted by atomic mass is 10.1. The van der Waals surface area contributed by atoms with Gasteiger partial charge in [-0.2, -0.15) is 0 Å². The van der Waals surface area contributed by atoms with E-state index < -0.39 is 0 Å². The summed E-state index contributed by atoms with van der Waals surface area (Å²) in [4.78, 5) is 13.4. The molecule has 0 amide bonds. The number of piperidine rings is 1. The highest BCUT2D eigenvalue weighted by atomic mass is 16.5. The SMILES string of the molecule is O=C1CCN(CCC2CCCO2)CC1. The molecule has 2 aliphatic rings. The first-order chi connectivity index (χ1) is 6.84. The molecule has 2 saturated heterocycles. The molecule has 3 nitrogen and oxygen atoms in total. The van der Waals surface area contributed by atoms with Crippen molar-refractivity contribution in [3.05, 3.63) is 0 Å². The van der Waals surface area contributed by atoms with Crippen LogP contribution in [0.4, 0.5) is 0 Å². The van der Waals surface area contributed by atoms with Gasteiger partial charge in [-0.1, -0.05) is 0 Å². The maximum absolute atomic E-state index is 11.0. The normalized spacial score (nSPS) is 29.7. The second-order valence-corrected chi connectivity index (χ2v) is 4.30. The van der Waals surface area contributed by atoms with E-state index in [0.717, 1.165) is 45.5 Å². The van der Waals surface area contributed by atoms with Gasteiger partial charge >= 0.3 is 0 Å². The zero-order valence-corrected chi connectivity index (χ0v) is 8.71. The molecule has 2 aliphatic heterocycles. The Labute approximate surface area is 85.4 Å². The van der Waals surface area contributed by atoms with Crippen molar-refractivity contribution < 1.29 is 9.53 Å². The van der Waals surface area contributed by atoms with Crippen LogP contribution in [0, 0.1) is 0 Å². The number of ether oxygens (including phenoxy) is 1. The summed E-state index contributed by atoms with van der Waals surface area (Å²) < 4.78 is 5.57. The molecule has 2 rings (SSSR count). The Morgan fingerprint density at radius 3 is 2.79 bits per heavy atom. The van der Waals surface area contributed by atoms with Crippen molar-refractivity contribution in [2.24, 2.45) is 0 Å². The summed E-state index contributed by atoms with van der Waals surface area (Å²) in [5.41, 5.74) is 0. The van der Waals surface area contributed by atoms with Crippen molar-refractivity contribution in [2.75, 3.05) is 26.2 Å². The van der Waals surface area contributed by atoms with Gasteiger partial charge in [0.2, 0.25) is 0 Å². The fourth-order valence-corrected chi connectivity index (χ4v) is 2.22. The molecule has 0 radical (unpaired) electrons. The molecule has 1 unspecified atom stereocenters. The third-order valence-corrected chi connectivity index (χ3v) is 3.21. The minimum absolute atomic E-state index is 0.429. The molecule has 0 aromatic heterocycles. The van der Waals surface area contributed by atoms with E-state index >= 15 is 0 Å². The molecule has 0 bridgehead atoms. The van der Waals surface area contributed by atoms with Gasteiger partial charge in [0.25, 0.3) is 0 Å². The van der Waals surface area contributed by atoms with Crippen LogP contribution in [0.15, 0.2) is 0 Å². The van der Waals surface area contributed by atoms with Crippen LogP contribution < -0.4 is 0 Å². The highest BCUT2D eigenvalue weighted by molar-refractivity contribution is 5.79. The largest absolute Gasteiger partial charge is 0.378 e. The molecule has 80 valence electrons. The molecule has 0 spiro atoms. The maximum Gasteiger partial charge on any atom is 0.135 e.